The zero-order valence-electron chi connectivity index (χ0n) is 13.6. The molecule has 2 aromatic heterocycles. The first kappa shape index (κ1) is 16.1. The van der Waals surface area contributed by atoms with Crippen molar-refractivity contribution in [2.24, 2.45) is 0 Å². The van der Waals surface area contributed by atoms with Gasteiger partial charge in [-0.25, -0.2) is 4.40 Å². The van der Waals surface area contributed by atoms with Crippen LogP contribution in [0.4, 0.5) is 5.69 Å². The summed E-state index contributed by atoms with van der Waals surface area (Å²) in [5.41, 5.74) is 2.18. The maximum Gasteiger partial charge on any atom is 0.276 e. The number of nitro groups is 1. The van der Waals surface area contributed by atoms with Gasteiger partial charge >= 0.3 is 0 Å². The highest BCUT2D eigenvalue weighted by Gasteiger charge is 2.15. The first-order valence-electron chi connectivity index (χ1n) is 7.75. The molecule has 0 bridgehead atoms. The average Bonchev–Trinajstić information content (AvgIpc) is 3.17. The summed E-state index contributed by atoms with van der Waals surface area (Å²) in [7, 11) is 0. The van der Waals surface area contributed by atoms with Crippen LogP contribution in [-0.4, -0.2) is 19.5 Å². The largest absolute Gasteiger partial charge is 0.276 e. The van der Waals surface area contributed by atoms with Gasteiger partial charge in [-0.15, -0.1) is 10.2 Å². The van der Waals surface area contributed by atoms with Crippen LogP contribution >= 0.6 is 11.3 Å². The van der Waals surface area contributed by atoms with Crippen LogP contribution in [0, 0.1) is 17.0 Å². The summed E-state index contributed by atoms with van der Waals surface area (Å²) >= 11 is 1.21. The van der Waals surface area contributed by atoms with Crippen molar-refractivity contribution in [2.45, 2.75) is 6.92 Å². The van der Waals surface area contributed by atoms with Crippen molar-refractivity contribution >= 4 is 28.1 Å². The molecule has 0 radical (unpaired) electrons. The van der Waals surface area contributed by atoms with Crippen molar-refractivity contribution in [1.29, 1.82) is 0 Å². The number of fused-ring (bicyclic) bond motifs is 1. The summed E-state index contributed by atoms with van der Waals surface area (Å²) in [5.74, 6) is 0.498. The van der Waals surface area contributed by atoms with Crippen LogP contribution in [0.2, 0.25) is 0 Å². The van der Waals surface area contributed by atoms with Crippen LogP contribution in [0.5, 0.6) is 0 Å². The van der Waals surface area contributed by atoms with Crippen molar-refractivity contribution in [2.75, 3.05) is 0 Å². The zero-order chi connectivity index (χ0) is 18.3. The summed E-state index contributed by atoms with van der Waals surface area (Å²) in [4.78, 5) is 23.8. The van der Waals surface area contributed by atoms with Gasteiger partial charge in [0.25, 0.3) is 11.2 Å². The van der Waals surface area contributed by atoms with Crippen molar-refractivity contribution in [1.82, 2.24) is 14.6 Å². The van der Waals surface area contributed by atoms with Crippen LogP contribution in [0.15, 0.2) is 53.3 Å². The minimum Gasteiger partial charge on any atom is -0.267 e. The highest BCUT2D eigenvalue weighted by atomic mass is 32.1. The third-order valence-corrected chi connectivity index (χ3v) is 4.97. The molecule has 0 fully saturated rings. The van der Waals surface area contributed by atoms with Gasteiger partial charge in [0.2, 0.25) is 4.96 Å². The predicted molar refractivity (Wildman–Crippen MR) is 99.2 cm³/mol. The molecule has 0 saturated carbocycles. The molecule has 0 amide bonds. The van der Waals surface area contributed by atoms with Crippen LogP contribution in [-0.2, 0) is 0 Å². The predicted octanol–water partition coefficient (Wildman–Crippen LogP) is 2.58. The van der Waals surface area contributed by atoms with E-state index in [1.54, 1.807) is 18.2 Å². The molecule has 7 nitrogen and oxygen atoms in total. The van der Waals surface area contributed by atoms with Gasteiger partial charge in [0.1, 0.15) is 0 Å². The smallest absolute Gasteiger partial charge is 0.267 e. The minimum atomic E-state index is -0.461. The second-order valence-electron chi connectivity index (χ2n) is 5.72. The molecule has 2 heterocycles. The van der Waals surface area contributed by atoms with Crippen molar-refractivity contribution < 1.29 is 4.92 Å². The van der Waals surface area contributed by atoms with E-state index in [1.807, 2.05) is 31.2 Å². The second-order valence-corrected chi connectivity index (χ2v) is 6.73. The highest BCUT2D eigenvalue weighted by molar-refractivity contribution is 7.15. The number of nitro benzene ring substituents is 1. The number of benzene rings is 2. The fourth-order valence-corrected chi connectivity index (χ4v) is 3.65. The molecule has 0 spiro atoms. The number of hydrogen-bond donors (Lipinski definition) is 0. The Balaban J connectivity index is 1.90. The number of hydrogen-bond acceptors (Lipinski definition) is 6. The minimum absolute atomic E-state index is 0.0187. The molecule has 8 heteroatoms. The van der Waals surface area contributed by atoms with Gasteiger partial charge in [-0.05, 0) is 24.1 Å². The van der Waals surface area contributed by atoms with Gasteiger partial charge in [-0.3, -0.25) is 14.9 Å². The summed E-state index contributed by atoms with van der Waals surface area (Å²) in [6.45, 7) is 1.95. The average molecular weight is 364 g/mol. The molecule has 0 N–H and O–H groups in total. The molecule has 4 rings (SSSR count). The summed E-state index contributed by atoms with van der Waals surface area (Å²) in [6.07, 6.45) is 1.64. The van der Waals surface area contributed by atoms with Gasteiger partial charge in [0.15, 0.2) is 5.82 Å². The van der Waals surface area contributed by atoms with E-state index in [4.69, 9.17) is 0 Å². The Kier molecular flexibility index (Phi) is 3.81. The molecule has 0 saturated heterocycles. The lowest BCUT2D eigenvalue weighted by Crippen LogP contribution is -2.23. The van der Waals surface area contributed by atoms with Gasteiger partial charge < -0.3 is 0 Å². The molecule has 0 aliphatic heterocycles. The van der Waals surface area contributed by atoms with E-state index in [0.29, 0.717) is 20.9 Å². The summed E-state index contributed by atoms with van der Waals surface area (Å²) < 4.78 is 1.93. The van der Waals surface area contributed by atoms with E-state index in [2.05, 4.69) is 10.2 Å². The zero-order valence-corrected chi connectivity index (χ0v) is 14.4. The molecular weight excluding hydrogens is 352 g/mol. The van der Waals surface area contributed by atoms with Gasteiger partial charge in [0.05, 0.1) is 9.46 Å². The van der Waals surface area contributed by atoms with E-state index in [1.165, 1.54) is 27.9 Å². The Hall–Kier alpha value is -3.39. The van der Waals surface area contributed by atoms with Crippen molar-refractivity contribution in [3.63, 3.8) is 0 Å². The molecule has 0 aliphatic rings. The number of nitrogens with zero attached hydrogens (tertiary/aromatic N) is 4. The highest BCUT2D eigenvalue weighted by Crippen LogP contribution is 2.21. The summed E-state index contributed by atoms with van der Waals surface area (Å²) in [6, 6.07) is 13.8. The molecular formula is C18H12N4O3S. The van der Waals surface area contributed by atoms with E-state index in [9.17, 15) is 14.9 Å². The Morgan fingerprint density at radius 3 is 2.73 bits per heavy atom. The Morgan fingerprint density at radius 2 is 1.96 bits per heavy atom. The van der Waals surface area contributed by atoms with Gasteiger partial charge in [-0.1, -0.05) is 47.7 Å². The van der Waals surface area contributed by atoms with E-state index < -0.39 is 4.92 Å². The maximum atomic E-state index is 12.8. The Labute approximate surface area is 151 Å². The lowest BCUT2D eigenvalue weighted by Gasteiger charge is -2.00. The van der Waals surface area contributed by atoms with Crippen LogP contribution in [0.1, 0.15) is 11.1 Å². The standard InChI is InChI=1S/C18H12N4O3S/c1-11-5-2-3-8-14(11)16-19-20-18-21(16)17(23)15(26-18)10-12-6-4-7-13(9-12)22(24)25/h2-10H,1H3/b15-10-. The lowest BCUT2D eigenvalue weighted by atomic mass is 10.1. The number of non-ortho nitro benzene ring substituents is 1. The maximum absolute atomic E-state index is 12.8. The third-order valence-electron chi connectivity index (χ3n) is 4.01. The van der Waals surface area contributed by atoms with Gasteiger partial charge in [0, 0.05) is 17.7 Å². The molecule has 4 aromatic rings. The normalized spacial score (nSPS) is 12.0. The second kappa shape index (κ2) is 6.16. The van der Waals surface area contributed by atoms with Crippen LogP contribution < -0.4 is 10.1 Å². The molecule has 0 atom stereocenters. The Bertz CT molecular complexity index is 1260. The first-order valence-corrected chi connectivity index (χ1v) is 8.56. The monoisotopic (exact) mass is 364 g/mol. The number of rotatable bonds is 3. The fourth-order valence-electron chi connectivity index (χ4n) is 2.74. The number of aromatic nitrogens is 3. The molecule has 0 aliphatic carbocycles. The summed E-state index contributed by atoms with van der Waals surface area (Å²) in [5, 5.41) is 19.2. The fraction of sp³-hybridized carbons (Fsp3) is 0.0556. The topological polar surface area (TPSA) is 90.4 Å². The van der Waals surface area contributed by atoms with Crippen LogP contribution in [0.3, 0.4) is 0 Å². The SMILES string of the molecule is Cc1ccccc1-c1nnc2s/c(=C\c3cccc([N+](=O)[O-])c3)c(=O)n12. The van der Waals surface area contributed by atoms with E-state index in [0.717, 1.165) is 11.1 Å². The van der Waals surface area contributed by atoms with Crippen LogP contribution in [0.25, 0.3) is 22.4 Å². The van der Waals surface area contributed by atoms with E-state index in [-0.39, 0.29) is 11.2 Å². The van der Waals surface area contributed by atoms with E-state index >= 15 is 0 Å². The lowest BCUT2D eigenvalue weighted by molar-refractivity contribution is -0.384. The molecule has 0 unspecified atom stereocenters. The van der Waals surface area contributed by atoms with Crippen molar-refractivity contribution in [3.05, 3.63) is 84.7 Å². The quantitative estimate of drug-likeness (QED) is 0.412. The molecule has 26 heavy (non-hydrogen) atoms. The number of thiazole rings is 1. The first-order chi connectivity index (χ1) is 12.5. The third kappa shape index (κ3) is 2.66. The number of aryl methyl sites for hydroxylation is 1. The van der Waals surface area contributed by atoms with Gasteiger partial charge in [-0.2, -0.15) is 0 Å². The molecule has 128 valence electrons. The van der Waals surface area contributed by atoms with Crippen molar-refractivity contribution in [3.8, 4) is 11.4 Å². The Morgan fingerprint density at radius 1 is 1.15 bits per heavy atom. The molecule has 2 aromatic carbocycles.